The van der Waals surface area contributed by atoms with Gasteiger partial charge < -0.3 is 19.0 Å². The summed E-state index contributed by atoms with van der Waals surface area (Å²) < 4.78 is 30.9. The molecule has 1 aliphatic rings. The highest BCUT2D eigenvalue weighted by atomic mass is 32.2. The van der Waals surface area contributed by atoms with Crippen LogP contribution in [0, 0.1) is 0 Å². The first-order valence-electron chi connectivity index (χ1n) is 4.43. The first kappa shape index (κ1) is 9.49. The number of H-pyrrole nitrogens is 1. The van der Waals surface area contributed by atoms with Gasteiger partial charge in [0, 0.05) is 12.1 Å². The maximum absolute atomic E-state index is 11.3. The fourth-order valence-corrected chi connectivity index (χ4v) is 2.04. The van der Waals surface area contributed by atoms with Crippen molar-refractivity contribution in [3.63, 3.8) is 0 Å². The Hall–Kier alpha value is -1.73. The number of nitrogens with zero attached hydrogens (tertiary/aromatic N) is 1. The molecule has 7 heteroatoms. The molecule has 2 heterocycles. The number of benzene rings is 1. The molecule has 1 aromatic heterocycles. The molecule has 0 saturated carbocycles. The van der Waals surface area contributed by atoms with Crippen molar-refractivity contribution >= 4 is 26.7 Å². The predicted octanol–water partition coefficient (Wildman–Crippen LogP) is 0.840. The Morgan fingerprint density at radius 1 is 1.44 bits per heavy atom. The van der Waals surface area contributed by atoms with E-state index >= 15 is 0 Å². The van der Waals surface area contributed by atoms with E-state index in [1.165, 1.54) is 0 Å². The molecule has 0 fully saturated rings. The van der Waals surface area contributed by atoms with Gasteiger partial charge in [0.25, 0.3) is 0 Å². The smallest absolute Gasteiger partial charge is 0.231 e. The molecule has 0 bridgehead atoms. The summed E-state index contributed by atoms with van der Waals surface area (Å²) in [5, 5.41) is -0.0498. The van der Waals surface area contributed by atoms with Crippen LogP contribution in [-0.4, -0.2) is 31.4 Å². The summed E-state index contributed by atoms with van der Waals surface area (Å²) >= 11 is 0. The minimum Gasteiger partial charge on any atom is -0.454 e. The van der Waals surface area contributed by atoms with Crippen molar-refractivity contribution in [2.45, 2.75) is 5.16 Å². The van der Waals surface area contributed by atoms with E-state index in [9.17, 15) is 8.76 Å². The molecule has 1 aromatic carbocycles. The Bertz CT molecular complexity index is 633. The molecule has 0 radical (unpaired) electrons. The molecule has 0 amide bonds. The van der Waals surface area contributed by atoms with Crippen molar-refractivity contribution in [3.05, 3.63) is 12.1 Å². The third kappa shape index (κ3) is 1.33. The maximum atomic E-state index is 11.3. The summed E-state index contributed by atoms with van der Waals surface area (Å²) in [6.45, 7) is 0.181. The van der Waals surface area contributed by atoms with Crippen molar-refractivity contribution < 1.29 is 18.2 Å². The Morgan fingerprint density at radius 3 is 2.81 bits per heavy atom. The number of hydrogen-bond acceptors (Lipinski definition) is 4. The van der Waals surface area contributed by atoms with Gasteiger partial charge in [-0.1, -0.05) is 0 Å². The highest BCUT2D eigenvalue weighted by Crippen LogP contribution is 2.35. The average molecular weight is 240 g/mol. The number of fused-ring (bicyclic) bond motifs is 2. The van der Waals surface area contributed by atoms with Crippen LogP contribution in [-0.2, 0) is 9.80 Å². The zero-order valence-electron chi connectivity index (χ0n) is 8.10. The van der Waals surface area contributed by atoms with Crippen molar-refractivity contribution in [2.24, 2.45) is 0 Å². The maximum Gasteiger partial charge on any atom is 0.231 e. The molecule has 6 nitrogen and oxygen atoms in total. The van der Waals surface area contributed by atoms with Crippen molar-refractivity contribution in [1.82, 2.24) is 9.97 Å². The van der Waals surface area contributed by atoms with Crippen molar-refractivity contribution in [3.8, 4) is 11.5 Å². The lowest BCUT2D eigenvalue weighted by Gasteiger charge is -1.93. The lowest BCUT2D eigenvalue weighted by molar-refractivity contribution is 0.174. The number of nitrogens with one attached hydrogen (secondary N) is 1. The second-order valence-electron chi connectivity index (χ2n) is 3.41. The van der Waals surface area contributed by atoms with Crippen LogP contribution in [0.2, 0.25) is 0 Å². The van der Waals surface area contributed by atoms with Crippen LogP contribution >= 0.6 is 0 Å². The monoisotopic (exact) mass is 240 g/mol. The largest absolute Gasteiger partial charge is 0.454 e. The van der Waals surface area contributed by atoms with Crippen LogP contribution in [0.3, 0.4) is 0 Å². The van der Waals surface area contributed by atoms with Crippen LogP contribution < -0.4 is 9.47 Å². The fraction of sp³-hybridized carbons (Fsp3) is 0.111. The lowest BCUT2D eigenvalue weighted by atomic mass is 10.3. The van der Waals surface area contributed by atoms with E-state index in [2.05, 4.69) is 15.8 Å². The van der Waals surface area contributed by atoms with Gasteiger partial charge in [-0.15, -0.1) is 0 Å². The van der Waals surface area contributed by atoms with Crippen LogP contribution in [0.5, 0.6) is 11.5 Å². The molecule has 1 atom stereocenters. The van der Waals surface area contributed by atoms with Gasteiger partial charge in [0.05, 0.1) is 11.0 Å². The van der Waals surface area contributed by atoms with Gasteiger partial charge in [-0.05, 0) is 5.87 Å². The standard InChI is InChI=1S/C9H8N2O4S/c1-16(12,13)9-10-5-2-7-8(15-4-14-7)3-6(5)11-9/h2-3H,1,4H2,(H,10,11)(H,12,13). The summed E-state index contributed by atoms with van der Waals surface area (Å²) in [5.74, 6) is 4.32. The van der Waals surface area contributed by atoms with Crippen LogP contribution in [0.4, 0.5) is 0 Å². The second-order valence-corrected chi connectivity index (χ2v) is 5.07. The molecule has 1 aliphatic heterocycles. The molecule has 0 aliphatic carbocycles. The highest BCUT2D eigenvalue weighted by molar-refractivity contribution is 7.94. The van der Waals surface area contributed by atoms with Crippen LogP contribution in [0.15, 0.2) is 17.3 Å². The van der Waals surface area contributed by atoms with E-state index in [0.717, 1.165) is 0 Å². The van der Waals surface area contributed by atoms with Gasteiger partial charge in [-0.3, -0.25) is 0 Å². The molecule has 0 saturated heterocycles. The Kier molecular flexibility index (Phi) is 1.72. The normalized spacial score (nSPS) is 17.6. The predicted molar refractivity (Wildman–Crippen MR) is 58.4 cm³/mol. The second kappa shape index (κ2) is 2.89. The number of hydrogen-bond donors (Lipinski definition) is 2. The molecular formula is C9H8N2O4S. The number of aromatic nitrogens is 2. The SMILES string of the molecule is C=S(=O)(O)c1nc2cc3c(cc2[nH]1)OCO3. The number of aromatic amines is 1. The van der Waals surface area contributed by atoms with E-state index in [4.69, 9.17) is 9.47 Å². The van der Waals surface area contributed by atoms with Crippen molar-refractivity contribution in [1.29, 1.82) is 0 Å². The number of imidazole rings is 1. The van der Waals surface area contributed by atoms with Gasteiger partial charge in [0.15, 0.2) is 11.5 Å². The first-order valence-corrected chi connectivity index (χ1v) is 6.11. The van der Waals surface area contributed by atoms with E-state index in [-0.39, 0.29) is 11.9 Å². The van der Waals surface area contributed by atoms with Gasteiger partial charge >= 0.3 is 0 Å². The number of rotatable bonds is 1. The molecule has 2 aromatic rings. The molecule has 16 heavy (non-hydrogen) atoms. The fourth-order valence-electron chi connectivity index (χ4n) is 1.53. The van der Waals surface area contributed by atoms with Gasteiger partial charge in [0.2, 0.25) is 11.9 Å². The van der Waals surface area contributed by atoms with E-state index in [1.807, 2.05) is 0 Å². The summed E-state index contributed by atoms with van der Waals surface area (Å²) in [6.07, 6.45) is 0. The van der Waals surface area contributed by atoms with E-state index < -0.39 is 9.80 Å². The molecular weight excluding hydrogens is 232 g/mol. The highest BCUT2D eigenvalue weighted by Gasteiger charge is 2.17. The summed E-state index contributed by atoms with van der Waals surface area (Å²) in [4.78, 5) is 6.71. The Morgan fingerprint density at radius 2 is 2.12 bits per heavy atom. The van der Waals surface area contributed by atoms with Crippen molar-refractivity contribution in [2.75, 3.05) is 6.79 Å². The third-order valence-electron chi connectivity index (χ3n) is 2.26. The number of ether oxygens (including phenoxy) is 2. The molecule has 3 rings (SSSR count). The van der Waals surface area contributed by atoms with Crippen LogP contribution in [0.1, 0.15) is 0 Å². The van der Waals surface area contributed by atoms with E-state index in [0.29, 0.717) is 22.5 Å². The van der Waals surface area contributed by atoms with E-state index in [1.54, 1.807) is 12.1 Å². The molecule has 0 spiro atoms. The first-order chi connectivity index (χ1) is 7.54. The van der Waals surface area contributed by atoms with Gasteiger partial charge in [-0.2, -0.15) is 0 Å². The minimum absolute atomic E-state index is 0.0498. The summed E-state index contributed by atoms with van der Waals surface area (Å²) in [5.41, 5.74) is 1.16. The minimum atomic E-state index is -3.33. The van der Waals surface area contributed by atoms with Gasteiger partial charge in [-0.25, -0.2) is 9.19 Å². The molecule has 84 valence electrons. The summed E-state index contributed by atoms with van der Waals surface area (Å²) in [7, 11) is -3.33. The lowest BCUT2D eigenvalue weighted by Crippen LogP contribution is -1.99. The zero-order chi connectivity index (χ0) is 11.3. The van der Waals surface area contributed by atoms with Gasteiger partial charge in [0.1, 0.15) is 9.80 Å². The third-order valence-corrected chi connectivity index (χ3v) is 3.05. The molecule has 2 N–H and O–H groups in total. The Labute approximate surface area is 91.0 Å². The average Bonchev–Trinajstić information content (AvgIpc) is 2.75. The topological polar surface area (TPSA) is 84.4 Å². The summed E-state index contributed by atoms with van der Waals surface area (Å²) in [6, 6.07) is 3.34. The quantitative estimate of drug-likeness (QED) is 0.721. The zero-order valence-corrected chi connectivity index (χ0v) is 8.91. The van der Waals surface area contributed by atoms with Crippen LogP contribution in [0.25, 0.3) is 11.0 Å². The molecule has 1 unspecified atom stereocenters. The Balaban J connectivity index is 2.27.